The molecule has 0 heterocycles. The fraction of sp³-hybridized carbons (Fsp3) is 0.667. The SMILES string of the molecule is CC(NC(N)=O)C(=O)N(CC(=O)O)C1CC1. The molecule has 1 unspecified atom stereocenters. The monoisotopic (exact) mass is 229 g/mol. The molecule has 4 N–H and O–H groups in total. The minimum Gasteiger partial charge on any atom is -0.480 e. The number of carbonyl (C=O) groups is 3. The first kappa shape index (κ1) is 12.3. The first-order valence-corrected chi connectivity index (χ1v) is 5.00. The lowest BCUT2D eigenvalue weighted by Gasteiger charge is -2.23. The third-order valence-corrected chi connectivity index (χ3v) is 2.31. The highest BCUT2D eigenvalue weighted by atomic mass is 16.4. The molecule has 0 spiro atoms. The number of nitrogens with zero attached hydrogens (tertiary/aromatic N) is 1. The molecule has 1 fully saturated rings. The molecule has 1 rings (SSSR count). The lowest BCUT2D eigenvalue weighted by atomic mass is 10.2. The molecule has 1 aliphatic carbocycles. The molecule has 1 saturated carbocycles. The van der Waals surface area contributed by atoms with E-state index in [1.165, 1.54) is 11.8 Å². The van der Waals surface area contributed by atoms with Gasteiger partial charge in [0.2, 0.25) is 5.91 Å². The minimum atomic E-state index is -1.06. The maximum absolute atomic E-state index is 11.8. The number of urea groups is 1. The van der Waals surface area contributed by atoms with Crippen molar-refractivity contribution in [2.24, 2.45) is 5.73 Å². The van der Waals surface area contributed by atoms with E-state index < -0.39 is 23.9 Å². The Morgan fingerprint density at radius 1 is 1.50 bits per heavy atom. The van der Waals surface area contributed by atoms with Gasteiger partial charge in [-0.15, -0.1) is 0 Å². The van der Waals surface area contributed by atoms with Gasteiger partial charge in [-0.25, -0.2) is 4.79 Å². The Balaban J connectivity index is 2.59. The average Bonchev–Trinajstić information content (AvgIpc) is 2.94. The van der Waals surface area contributed by atoms with Gasteiger partial charge >= 0.3 is 12.0 Å². The standard InChI is InChI=1S/C9H15N3O4/c1-5(11-9(10)16)8(15)12(4-7(13)14)6-2-3-6/h5-6H,2-4H2,1H3,(H,13,14)(H3,10,11,16). The highest BCUT2D eigenvalue weighted by Gasteiger charge is 2.35. The Bertz CT molecular complexity index is 314. The Morgan fingerprint density at radius 2 is 2.06 bits per heavy atom. The van der Waals surface area contributed by atoms with E-state index in [1.54, 1.807) is 0 Å². The number of nitrogens with two attached hydrogens (primary N) is 1. The molecule has 1 aliphatic rings. The normalized spacial score (nSPS) is 16.3. The molecular formula is C9H15N3O4. The van der Waals surface area contributed by atoms with Gasteiger partial charge in [0.1, 0.15) is 12.6 Å². The molecule has 0 aromatic carbocycles. The lowest BCUT2D eigenvalue weighted by Crippen LogP contribution is -2.50. The Morgan fingerprint density at radius 3 is 2.44 bits per heavy atom. The van der Waals surface area contributed by atoms with E-state index in [4.69, 9.17) is 10.8 Å². The summed E-state index contributed by atoms with van der Waals surface area (Å²) in [5.74, 6) is -1.48. The van der Waals surface area contributed by atoms with Crippen molar-refractivity contribution in [2.75, 3.05) is 6.54 Å². The quantitative estimate of drug-likeness (QED) is 0.568. The Labute approximate surface area is 92.6 Å². The Hall–Kier alpha value is -1.79. The van der Waals surface area contributed by atoms with Gasteiger partial charge in [-0.05, 0) is 19.8 Å². The molecule has 7 heteroatoms. The zero-order valence-corrected chi connectivity index (χ0v) is 8.97. The summed E-state index contributed by atoms with van der Waals surface area (Å²) < 4.78 is 0. The molecule has 3 amide bonds. The van der Waals surface area contributed by atoms with Crippen molar-refractivity contribution >= 4 is 17.9 Å². The summed E-state index contributed by atoms with van der Waals surface area (Å²) in [5.41, 5.74) is 4.89. The van der Waals surface area contributed by atoms with Gasteiger partial charge in [-0.1, -0.05) is 0 Å². The van der Waals surface area contributed by atoms with Gasteiger partial charge in [-0.3, -0.25) is 9.59 Å². The van der Waals surface area contributed by atoms with Crippen LogP contribution in [0.5, 0.6) is 0 Å². The topological polar surface area (TPSA) is 113 Å². The number of aliphatic carboxylic acids is 1. The third-order valence-electron chi connectivity index (χ3n) is 2.31. The maximum atomic E-state index is 11.8. The van der Waals surface area contributed by atoms with Crippen LogP contribution in [0, 0.1) is 0 Å². The van der Waals surface area contributed by atoms with Gasteiger partial charge in [0.15, 0.2) is 0 Å². The third kappa shape index (κ3) is 3.41. The van der Waals surface area contributed by atoms with Crippen molar-refractivity contribution in [3.05, 3.63) is 0 Å². The summed E-state index contributed by atoms with van der Waals surface area (Å²) in [6.07, 6.45) is 1.62. The fourth-order valence-corrected chi connectivity index (χ4v) is 1.44. The van der Waals surface area contributed by atoms with Crippen LogP contribution in [0.15, 0.2) is 0 Å². The number of hydrogen-bond acceptors (Lipinski definition) is 3. The molecule has 0 aliphatic heterocycles. The largest absolute Gasteiger partial charge is 0.480 e. The average molecular weight is 229 g/mol. The molecule has 16 heavy (non-hydrogen) atoms. The van der Waals surface area contributed by atoms with Crippen molar-refractivity contribution < 1.29 is 19.5 Å². The van der Waals surface area contributed by atoms with Crippen molar-refractivity contribution in [2.45, 2.75) is 31.8 Å². The number of primary amides is 1. The molecule has 0 aromatic heterocycles. The molecular weight excluding hydrogens is 214 g/mol. The van der Waals surface area contributed by atoms with Crippen molar-refractivity contribution in [3.8, 4) is 0 Å². The summed E-state index contributed by atoms with van der Waals surface area (Å²) in [5, 5.41) is 10.9. The fourth-order valence-electron chi connectivity index (χ4n) is 1.44. The number of carboxylic acids is 1. The molecule has 0 radical (unpaired) electrons. The maximum Gasteiger partial charge on any atom is 0.323 e. The summed E-state index contributed by atoms with van der Waals surface area (Å²) in [7, 11) is 0. The van der Waals surface area contributed by atoms with E-state index in [1.807, 2.05) is 0 Å². The second-order valence-corrected chi connectivity index (χ2v) is 3.82. The van der Waals surface area contributed by atoms with Gasteiger partial charge in [0.25, 0.3) is 0 Å². The predicted octanol–water partition coefficient (Wildman–Crippen LogP) is -0.881. The predicted molar refractivity (Wildman–Crippen MR) is 54.6 cm³/mol. The number of rotatable bonds is 5. The highest BCUT2D eigenvalue weighted by Crippen LogP contribution is 2.27. The van der Waals surface area contributed by atoms with Crippen molar-refractivity contribution in [3.63, 3.8) is 0 Å². The van der Waals surface area contributed by atoms with E-state index >= 15 is 0 Å². The smallest absolute Gasteiger partial charge is 0.323 e. The number of nitrogens with one attached hydrogen (secondary N) is 1. The van der Waals surface area contributed by atoms with E-state index in [9.17, 15) is 14.4 Å². The second-order valence-electron chi connectivity index (χ2n) is 3.82. The van der Waals surface area contributed by atoms with Crippen LogP contribution >= 0.6 is 0 Å². The van der Waals surface area contributed by atoms with Crippen LogP contribution in [0.1, 0.15) is 19.8 Å². The number of hydrogen-bond donors (Lipinski definition) is 3. The van der Waals surface area contributed by atoms with Crippen LogP contribution < -0.4 is 11.1 Å². The van der Waals surface area contributed by atoms with E-state index in [2.05, 4.69) is 5.32 Å². The zero-order valence-electron chi connectivity index (χ0n) is 8.97. The van der Waals surface area contributed by atoms with E-state index in [0.29, 0.717) is 0 Å². The van der Waals surface area contributed by atoms with E-state index in [0.717, 1.165) is 12.8 Å². The van der Waals surface area contributed by atoms with Crippen LogP contribution in [-0.4, -0.2) is 46.5 Å². The number of carboxylic acid groups (broad SMARTS) is 1. The number of amides is 3. The van der Waals surface area contributed by atoms with Gasteiger partial charge < -0.3 is 21.1 Å². The van der Waals surface area contributed by atoms with Crippen LogP contribution in [0.4, 0.5) is 4.79 Å². The molecule has 0 aromatic rings. The highest BCUT2D eigenvalue weighted by molar-refractivity contribution is 5.88. The van der Waals surface area contributed by atoms with Gasteiger partial charge in [0, 0.05) is 6.04 Å². The van der Waals surface area contributed by atoms with E-state index in [-0.39, 0.29) is 12.6 Å². The van der Waals surface area contributed by atoms with Crippen LogP contribution in [0.2, 0.25) is 0 Å². The minimum absolute atomic E-state index is 0.0132. The first-order chi connectivity index (χ1) is 7.41. The molecule has 1 atom stereocenters. The molecule has 7 nitrogen and oxygen atoms in total. The molecule has 0 bridgehead atoms. The van der Waals surface area contributed by atoms with Crippen molar-refractivity contribution in [1.82, 2.24) is 10.2 Å². The summed E-state index contributed by atoms with van der Waals surface area (Å²) in [6, 6.07) is -1.61. The lowest BCUT2D eigenvalue weighted by molar-refractivity contribution is -0.145. The summed E-state index contributed by atoms with van der Waals surface area (Å²) in [6.45, 7) is 1.14. The zero-order chi connectivity index (χ0) is 12.3. The van der Waals surface area contributed by atoms with Gasteiger partial charge in [-0.2, -0.15) is 0 Å². The molecule has 90 valence electrons. The van der Waals surface area contributed by atoms with Crippen LogP contribution in [-0.2, 0) is 9.59 Å². The number of carbonyl (C=O) groups excluding carboxylic acids is 2. The van der Waals surface area contributed by atoms with Crippen LogP contribution in [0.3, 0.4) is 0 Å². The molecule has 0 saturated heterocycles. The first-order valence-electron chi connectivity index (χ1n) is 5.00. The van der Waals surface area contributed by atoms with Crippen LogP contribution in [0.25, 0.3) is 0 Å². The second kappa shape index (κ2) is 4.82. The summed E-state index contributed by atoms with van der Waals surface area (Å²) >= 11 is 0. The summed E-state index contributed by atoms with van der Waals surface area (Å²) in [4.78, 5) is 34.2. The Kier molecular flexibility index (Phi) is 3.70. The van der Waals surface area contributed by atoms with Gasteiger partial charge in [0.05, 0.1) is 0 Å². The van der Waals surface area contributed by atoms with Crippen molar-refractivity contribution in [1.29, 1.82) is 0 Å².